The van der Waals surface area contributed by atoms with Gasteiger partial charge >= 0.3 is 0 Å². The summed E-state index contributed by atoms with van der Waals surface area (Å²) in [5.74, 6) is 1.98. The van der Waals surface area contributed by atoms with Crippen LogP contribution in [0.5, 0.6) is 0 Å². The van der Waals surface area contributed by atoms with Crippen LogP contribution in [0.15, 0.2) is 0 Å². The molecule has 102 valence electrons. The van der Waals surface area contributed by atoms with Gasteiger partial charge in [-0.15, -0.1) is 0 Å². The second kappa shape index (κ2) is 4.82. The minimum atomic E-state index is -0.197. The number of hydrogen-bond donors (Lipinski definition) is 2. The number of nitrogens with two attached hydrogens (primary N) is 1. The van der Waals surface area contributed by atoms with E-state index in [1.54, 1.807) is 0 Å². The predicted molar refractivity (Wildman–Crippen MR) is 68.9 cm³/mol. The van der Waals surface area contributed by atoms with E-state index < -0.39 is 0 Å². The second-order valence-corrected chi connectivity index (χ2v) is 6.37. The van der Waals surface area contributed by atoms with E-state index in [1.807, 2.05) is 0 Å². The van der Waals surface area contributed by atoms with Gasteiger partial charge in [0.05, 0.1) is 5.54 Å². The highest BCUT2D eigenvalue weighted by Crippen LogP contribution is 2.48. The van der Waals surface area contributed by atoms with Crippen molar-refractivity contribution in [3.05, 3.63) is 0 Å². The molecule has 0 radical (unpaired) electrons. The van der Waals surface area contributed by atoms with Crippen molar-refractivity contribution in [2.24, 2.45) is 23.5 Å². The maximum absolute atomic E-state index is 12.5. The summed E-state index contributed by atoms with van der Waals surface area (Å²) in [6.07, 6.45) is 6.68. The maximum Gasteiger partial charge on any atom is 0.223 e. The van der Waals surface area contributed by atoms with Gasteiger partial charge in [0.25, 0.3) is 0 Å². The first-order valence-electron chi connectivity index (χ1n) is 7.32. The number of nitrogens with one attached hydrogen (secondary N) is 1. The van der Waals surface area contributed by atoms with E-state index >= 15 is 0 Å². The summed E-state index contributed by atoms with van der Waals surface area (Å²) in [5.41, 5.74) is 5.69. The Labute approximate surface area is 109 Å². The molecule has 1 amide bonds. The fourth-order valence-electron chi connectivity index (χ4n) is 4.06. The number of ether oxygens (including phenoxy) is 1. The molecule has 3 aliphatic rings. The summed E-state index contributed by atoms with van der Waals surface area (Å²) in [4.78, 5) is 12.5. The average molecular weight is 252 g/mol. The maximum atomic E-state index is 12.5. The third kappa shape index (κ3) is 2.16. The van der Waals surface area contributed by atoms with Crippen molar-refractivity contribution >= 4 is 5.91 Å². The fraction of sp³-hybridized carbons (Fsp3) is 0.929. The molecule has 3 N–H and O–H groups in total. The zero-order chi connectivity index (χ0) is 12.6. The first kappa shape index (κ1) is 12.4. The molecule has 18 heavy (non-hydrogen) atoms. The van der Waals surface area contributed by atoms with Crippen LogP contribution in [0.3, 0.4) is 0 Å². The van der Waals surface area contributed by atoms with E-state index in [1.165, 1.54) is 19.3 Å². The molecule has 3 atom stereocenters. The number of carbonyl (C=O) groups excluding carboxylic acids is 1. The molecule has 0 aromatic rings. The standard InChI is InChI=1S/C14H24N2O2/c15-9-14(3-5-18-6-4-14)16-13(17)12-8-10-1-2-11(12)7-10/h10-12H,1-9,15H2,(H,16,17). The molecule has 2 saturated carbocycles. The summed E-state index contributed by atoms with van der Waals surface area (Å²) in [7, 11) is 0. The molecule has 2 aliphatic carbocycles. The fourth-order valence-corrected chi connectivity index (χ4v) is 4.06. The van der Waals surface area contributed by atoms with Crippen LogP contribution in [0.2, 0.25) is 0 Å². The molecule has 0 aromatic carbocycles. The van der Waals surface area contributed by atoms with E-state index in [9.17, 15) is 4.79 Å². The van der Waals surface area contributed by atoms with Crippen molar-refractivity contribution < 1.29 is 9.53 Å². The van der Waals surface area contributed by atoms with Crippen molar-refractivity contribution in [3.8, 4) is 0 Å². The summed E-state index contributed by atoms with van der Waals surface area (Å²) < 4.78 is 5.38. The Morgan fingerprint density at radius 2 is 2.06 bits per heavy atom. The van der Waals surface area contributed by atoms with Crippen LogP contribution in [0, 0.1) is 17.8 Å². The summed E-state index contributed by atoms with van der Waals surface area (Å²) in [6, 6.07) is 0. The molecule has 3 rings (SSSR count). The topological polar surface area (TPSA) is 64.3 Å². The summed E-state index contributed by atoms with van der Waals surface area (Å²) in [6.45, 7) is 1.96. The van der Waals surface area contributed by atoms with Crippen LogP contribution in [-0.2, 0) is 9.53 Å². The van der Waals surface area contributed by atoms with Crippen molar-refractivity contribution in [3.63, 3.8) is 0 Å². The number of rotatable bonds is 3. The number of amides is 1. The lowest BCUT2D eigenvalue weighted by Gasteiger charge is -2.38. The van der Waals surface area contributed by atoms with Gasteiger partial charge in [-0.25, -0.2) is 0 Å². The highest BCUT2D eigenvalue weighted by Gasteiger charge is 2.45. The van der Waals surface area contributed by atoms with Crippen molar-refractivity contribution in [2.45, 2.75) is 44.1 Å². The largest absolute Gasteiger partial charge is 0.381 e. The Morgan fingerprint density at radius 3 is 2.61 bits per heavy atom. The third-order valence-corrected chi connectivity index (χ3v) is 5.30. The van der Waals surface area contributed by atoms with E-state index in [0.717, 1.165) is 25.2 Å². The molecule has 2 bridgehead atoms. The van der Waals surface area contributed by atoms with Gasteiger partial charge in [-0.05, 0) is 43.9 Å². The molecular weight excluding hydrogens is 228 g/mol. The number of fused-ring (bicyclic) bond motifs is 2. The summed E-state index contributed by atoms with van der Waals surface area (Å²) in [5, 5.41) is 3.26. The molecule has 3 unspecified atom stereocenters. The Balaban J connectivity index is 1.62. The Kier molecular flexibility index (Phi) is 3.32. The van der Waals surface area contributed by atoms with Crippen LogP contribution in [-0.4, -0.2) is 31.2 Å². The zero-order valence-corrected chi connectivity index (χ0v) is 11.0. The van der Waals surface area contributed by atoms with Gasteiger partial charge in [-0.1, -0.05) is 6.42 Å². The Morgan fingerprint density at radius 1 is 1.28 bits per heavy atom. The van der Waals surface area contributed by atoms with Crippen LogP contribution in [0.1, 0.15) is 38.5 Å². The molecule has 4 heteroatoms. The van der Waals surface area contributed by atoms with Crippen molar-refractivity contribution in [2.75, 3.05) is 19.8 Å². The molecule has 1 heterocycles. The van der Waals surface area contributed by atoms with Gasteiger partial charge in [0.15, 0.2) is 0 Å². The minimum Gasteiger partial charge on any atom is -0.381 e. The smallest absolute Gasteiger partial charge is 0.223 e. The third-order valence-electron chi connectivity index (χ3n) is 5.30. The first-order valence-corrected chi connectivity index (χ1v) is 7.32. The molecule has 1 aliphatic heterocycles. The first-order chi connectivity index (χ1) is 8.72. The lowest BCUT2D eigenvalue weighted by Crippen LogP contribution is -2.58. The van der Waals surface area contributed by atoms with Crippen LogP contribution in [0.4, 0.5) is 0 Å². The Hall–Kier alpha value is -0.610. The van der Waals surface area contributed by atoms with E-state index in [-0.39, 0.29) is 17.4 Å². The quantitative estimate of drug-likeness (QED) is 0.789. The number of hydrogen-bond acceptors (Lipinski definition) is 3. The normalized spacial score (nSPS) is 37.7. The second-order valence-electron chi connectivity index (χ2n) is 6.37. The molecule has 4 nitrogen and oxygen atoms in total. The lowest BCUT2D eigenvalue weighted by atomic mass is 9.85. The summed E-state index contributed by atoms with van der Waals surface area (Å²) >= 11 is 0. The van der Waals surface area contributed by atoms with E-state index in [0.29, 0.717) is 25.7 Å². The zero-order valence-electron chi connectivity index (χ0n) is 11.0. The number of carbonyl (C=O) groups is 1. The molecular formula is C14H24N2O2. The van der Waals surface area contributed by atoms with Crippen LogP contribution < -0.4 is 11.1 Å². The molecule has 0 spiro atoms. The monoisotopic (exact) mass is 252 g/mol. The average Bonchev–Trinajstić information content (AvgIpc) is 3.02. The van der Waals surface area contributed by atoms with Crippen LogP contribution >= 0.6 is 0 Å². The highest BCUT2D eigenvalue weighted by atomic mass is 16.5. The van der Waals surface area contributed by atoms with E-state index in [4.69, 9.17) is 10.5 Å². The Bertz CT molecular complexity index is 326. The lowest BCUT2D eigenvalue weighted by molar-refractivity contribution is -0.129. The van der Waals surface area contributed by atoms with Gasteiger partial charge in [-0.2, -0.15) is 0 Å². The van der Waals surface area contributed by atoms with Gasteiger partial charge in [0, 0.05) is 25.7 Å². The van der Waals surface area contributed by atoms with Crippen molar-refractivity contribution in [1.82, 2.24) is 5.32 Å². The molecule has 1 saturated heterocycles. The van der Waals surface area contributed by atoms with Crippen molar-refractivity contribution in [1.29, 1.82) is 0 Å². The van der Waals surface area contributed by atoms with Gasteiger partial charge in [0.2, 0.25) is 5.91 Å². The minimum absolute atomic E-state index is 0.197. The SMILES string of the molecule is NCC1(NC(=O)C2CC3CCC2C3)CCOCC1. The van der Waals surface area contributed by atoms with Gasteiger partial charge < -0.3 is 15.8 Å². The molecule has 0 aromatic heterocycles. The van der Waals surface area contributed by atoms with E-state index in [2.05, 4.69) is 5.32 Å². The van der Waals surface area contributed by atoms with Gasteiger partial charge in [0.1, 0.15) is 0 Å². The van der Waals surface area contributed by atoms with Gasteiger partial charge in [-0.3, -0.25) is 4.79 Å². The van der Waals surface area contributed by atoms with Crippen LogP contribution in [0.25, 0.3) is 0 Å². The predicted octanol–water partition coefficient (Wildman–Crippen LogP) is 1.05. The highest BCUT2D eigenvalue weighted by molar-refractivity contribution is 5.80. The molecule has 3 fully saturated rings.